The third-order valence-corrected chi connectivity index (χ3v) is 5.04. The number of amides is 1. The molecule has 1 saturated heterocycles. The van der Waals surface area contributed by atoms with Crippen LogP contribution in [0.3, 0.4) is 0 Å². The monoisotopic (exact) mass is 402 g/mol. The van der Waals surface area contributed by atoms with Gasteiger partial charge in [0.05, 0.1) is 11.1 Å². The molecule has 2 rings (SSSR count). The smallest absolute Gasteiger partial charge is 0.231 e. The first-order valence-electron chi connectivity index (χ1n) is 7.04. The minimum absolute atomic E-state index is 0.130. The maximum absolute atomic E-state index is 12.8. The van der Waals surface area contributed by atoms with Crippen molar-refractivity contribution in [2.45, 2.75) is 32.6 Å². The molecular formula is C15H20Br2N2O. The van der Waals surface area contributed by atoms with Crippen molar-refractivity contribution in [3.63, 3.8) is 0 Å². The number of rotatable bonds is 4. The topological polar surface area (TPSA) is 41.1 Å². The van der Waals surface area contributed by atoms with Crippen molar-refractivity contribution in [2.75, 3.05) is 18.4 Å². The van der Waals surface area contributed by atoms with Crippen LogP contribution in [0, 0.1) is 5.41 Å². The second-order valence-electron chi connectivity index (χ2n) is 5.39. The molecule has 0 aliphatic carbocycles. The summed E-state index contributed by atoms with van der Waals surface area (Å²) in [4.78, 5) is 12.8. The van der Waals surface area contributed by atoms with Crippen LogP contribution in [0.1, 0.15) is 32.6 Å². The Kier molecular flexibility index (Phi) is 5.64. The molecule has 0 spiro atoms. The van der Waals surface area contributed by atoms with E-state index in [0.29, 0.717) is 0 Å². The fourth-order valence-electron chi connectivity index (χ4n) is 2.82. The minimum Gasteiger partial charge on any atom is -0.325 e. The molecule has 2 N–H and O–H groups in total. The lowest BCUT2D eigenvalue weighted by atomic mass is 9.76. The van der Waals surface area contributed by atoms with E-state index in [9.17, 15) is 4.79 Å². The summed E-state index contributed by atoms with van der Waals surface area (Å²) in [6.07, 6.45) is 3.98. The van der Waals surface area contributed by atoms with Crippen LogP contribution in [0.2, 0.25) is 0 Å². The van der Waals surface area contributed by atoms with Crippen LogP contribution in [0.5, 0.6) is 0 Å². The van der Waals surface area contributed by atoms with Crippen molar-refractivity contribution < 1.29 is 4.79 Å². The molecule has 1 aliphatic rings. The molecule has 1 aromatic rings. The largest absolute Gasteiger partial charge is 0.325 e. The summed E-state index contributed by atoms with van der Waals surface area (Å²) in [5.74, 6) is 0.130. The van der Waals surface area contributed by atoms with Gasteiger partial charge >= 0.3 is 0 Å². The van der Waals surface area contributed by atoms with Gasteiger partial charge in [-0.2, -0.15) is 0 Å². The van der Waals surface area contributed by atoms with E-state index >= 15 is 0 Å². The highest BCUT2D eigenvalue weighted by molar-refractivity contribution is 9.11. The lowest BCUT2D eigenvalue weighted by Gasteiger charge is -2.36. The first kappa shape index (κ1) is 16.0. The third kappa shape index (κ3) is 3.62. The summed E-state index contributed by atoms with van der Waals surface area (Å²) in [5, 5.41) is 6.46. The molecule has 1 unspecified atom stereocenters. The van der Waals surface area contributed by atoms with Crippen LogP contribution < -0.4 is 10.6 Å². The number of hydrogen-bond donors (Lipinski definition) is 2. The van der Waals surface area contributed by atoms with E-state index < -0.39 is 0 Å². The molecule has 1 aliphatic heterocycles. The van der Waals surface area contributed by atoms with Crippen molar-refractivity contribution in [2.24, 2.45) is 5.41 Å². The Morgan fingerprint density at radius 2 is 2.25 bits per heavy atom. The summed E-state index contributed by atoms with van der Waals surface area (Å²) in [6.45, 7) is 3.93. The standard InChI is InChI=1S/C15H20Br2N2O/c1-2-6-15(7-3-8-18-10-15)14(20)19-13-9-11(16)4-5-12(13)17/h4-5,9,18H,2-3,6-8,10H2,1H3,(H,19,20). The molecule has 3 nitrogen and oxygen atoms in total. The van der Waals surface area contributed by atoms with Gasteiger partial charge in [0.2, 0.25) is 5.91 Å². The first-order valence-corrected chi connectivity index (χ1v) is 8.63. The van der Waals surface area contributed by atoms with Gasteiger partial charge in [-0.25, -0.2) is 0 Å². The molecule has 0 saturated carbocycles. The summed E-state index contributed by atoms with van der Waals surface area (Å²) in [7, 11) is 0. The number of carbonyl (C=O) groups is 1. The first-order chi connectivity index (χ1) is 9.57. The van der Waals surface area contributed by atoms with Gasteiger partial charge < -0.3 is 10.6 Å². The van der Waals surface area contributed by atoms with E-state index in [-0.39, 0.29) is 11.3 Å². The number of carbonyl (C=O) groups excluding carboxylic acids is 1. The summed E-state index contributed by atoms with van der Waals surface area (Å²) in [5.41, 5.74) is 0.555. The predicted octanol–water partition coefficient (Wildman–Crippen LogP) is 4.32. The summed E-state index contributed by atoms with van der Waals surface area (Å²) in [6, 6.07) is 5.81. The number of nitrogens with one attached hydrogen (secondary N) is 2. The van der Waals surface area contributed by atoms with Gasteiger partial charge in [-0.15, -0.1) is 0 Å². The Bertz CT molecular complexity index is 479. The Morgan fingerprint density at radius 3 is 2.90 bits per heavy atom. The van der Waals surface area contributed by atoms with Gasteiger partial charge in [0, 0.05) is 15.5 Å². The highest BCUT2D eigenvalue weighted by atomic mass is 79.9. The number of hydrogen-bond acceptors (Lipinski definition) is 2. The molecule has 0 bridgehead atoms. The molecule has 110 valence electrons. The Balaban J connectivity index is 2.18. The van der Waals surface area contributed by atoms with E-state index in [1.54, 1.807) is 0 Å². The van der Waals surface area contributed by atoms with Crippen molar-refractivity contribution in [3.05, 3.63) is 27.1 Å². The molecule has 20 heavy (non-hydrogen) atoms. The molecule has 1 heterocycles. The summed E-state index contributed by atoms with van der Waals surface area (Å²) >= 11 is 6.93. The number of anilines is 1. The Morgan fingerprint density at radius 1 is 1.45 bits per heavy atom. The van der Waals surface area contributed by atoms with E-state index in [0.717, 1.165) is 53.4 Å². The van der Waals surface area contributed by atoms with E-state index in [1.807, 2.05) is 18.2 Å². The van der Waals surface area contributed by atoms with Crippen LogP contribution in [0.4, 0.5) is 5.69 Å². The Hall–Kier alpha value is -0.390. The van der Waals surface area contributed by atoms with Gasteiger partial charge in [0.1, 0.15) is 0 Å². The lowest BCUT2D eigenvalue weighted by molar-refractivity contribution is -0.127. The average Bonchev–Trinajstić information content (AvgIpc) is 2.44. The molecule has 1 atom stereocenters. The quantitative estimate of drug-likeness (QED) is 0.785. The molecule has 5 heteroatoms. The second-order valence-corrected chi connectivity index (χ2v) is 7.16. The zero-order chi connectivity index (χ0) is 14.6. The van der Waals surface area contributed by atoms with Crippen LogP contribution in [-0.2, 0) is 4.79 Å². The average molecular weight is 404 g/mol. The van der Waals surface area contributed by atoms with Crippen LogP contribution >= 0.6 is 31.9 Å². The zero-order valence-corrected chi connectivity index (χ0v) is 14.8. The van der Waals surface area contributed by atoms with Crippen molar-refractivity contribution >= 4 is 43.5 Å². The van der Waals surface area contributed by atoms with Crippen LogP contribution in [0.25, 0.3) is 0 Å². The molecule has 1 aromatic carbocycles. The van der Waals surface area contributed by atoms with Gasteiger partial charge in [-0.1, -0.05) is 29.3 Å². The fourth-order valence-corrected chi connectivity index (χ4v) is 3.52. The van der Waals surface area contributed by atoms with Crippen molar-refractivity contribution in [3.8, 4) is 0 Å². The normalized spacial score (nSPS) is 22.6. The van der Waals surface area contributed by atoms with Gasteiger partial charge in [-0.05, 0) is 59.9 Å². The minimum atomic E-state index is -0.269. The predicted molar refractivity (Wildman–Crippen MR) is 89.9 cm³/mol. The lowest BCUT2D eigenvalue weighted by Crippen LogP contribution is -2.48. The molecule has 0 radical (unpaired) electrons. The van der Waals surface area contributed by atoms with Crippen molar-refractivity contribution in [1.29, 1.82) is 0 Å². The molecule has 0 aromatic heterocycles. The fraction of sp³-hybridized carbons (Fsp3) is 0.533. The highest BCUT2D eigenvalue weighted by Gasteiger charge is 2.38. The summed E-state index contributed by atoms with van der Waals surface area (Å²) < 4.78 is 1.87. The van der Waals surface area contributed by atoms with Gasteiger partial charge in [0.25, 0.3) is 0 Å². The van der Waals surface area contributed by atoms with E-state index in [1.165, 1.54) is 0 Å². The highest BCUT2D eigenvalue weighted by Crippen LogP contribution is 2.34. The molecule has 1 amide bonds. The number of piperidine rings is 1. The molecular weight excluding hydrogens is 384 g/mol. The maximum Gasteiger partial charge on any atom is 0.231 e. The Labute approximate surface area is 137 Å². The number of halogens is 2. The SMILES string of the molecule is CCCC1(C(=O)Nc2cc(Br)ccc2Br)CCCNC1. The van der Waals surface area contributed by atoms with Gasteiger partial charge in [0.15, 0.2) is 0 Å². The van der Waals surface area contributed by atoms with Crippen LogP contribution in [-0.4, -0.2) is 19.0 Å². The third-order valence-electron chi connectivity index (χ3n) is 3.86. The number of benzene rings is 1. The molecule has 1 fully saturated rings. The van der Waals surface area contributed by atoms with Gasteiger partial charge in [-0.3, -0.25) is 4.79 Å². The maximum atomic E-state index is 12.8. The van der Waals surface area contributed by atoms with E-state index in [4.69, 9.17) is 0 Å². The van der Waals surface area contributed by atoms with E-state index in [2.05, 4.69) is 49.4 Å². The zero-order valence-electron chi connectivity index (χ0n) is 11.6. The van der Waals surface area contributed by atoms with Crippen LogP contribution in [0.15, 0.2) is 27.1 Å². The van der Waals surface area contributed by atoms with Crippen molar-refractivity contribution in [1.82, 2.24) is 5.32 Å². The second kappa shape index (κ2) is 7.05.